The number of carboxylic acid groups (broad SMARTS) is 1. The Balaban J connectivity index is 2.31. The minimum absolute atomic E-state index is 0.00230. The SMILES string of the molecule is CCCOCCNC(=O)CCN1C(=O)CC(SCC(N)C(=O)O)C1=O. The second-order valence-corrected chi connectivity index (χ2v) is 6.80. The molecule has 0 spiro atoms. The van der Waals surface area contributed by atoms with Crippen LogP contribution in [0.15, 0.2) is 0 Å². The molecule has 3 amide bonds. The van der Waals surface area contributed by atoms with Crippen LogP contribution in [-0.2, 0) is 23.9 Å². The predicted octanol–water partition coefficient (Wildman–Crippen LogP) is -0.808. The third kappa shape index (κ3) is 7.41. The molecule has 9 nitrogen and oxygen atoms in total. The Morgan fingerprint density at radius 3 is 2.80 bits per heavy atom. The van der Waals surface area contributed by atoms with Crippen LogP contribution in [0.5, 0.6) is 0 Å². The lowest BCUT2D eigenvalue weighted by molar-refractivity contribution is -0.139. The maximum Gasteiger partial charge on any atom is 0.321 e. The van der Waals surface area contributed by atoms with E-state index < -0.39 is 23.2 Å². The first-order chi connectivity index (χ1) is 11.9. The first-order valence-corrected chi connectivity index (χ1v) is 9.20. The van der Waals surface area contributed by atoms with Crippen LogP contribution in [0.3, 0.4) is 0 Å². The molecule has 25 heavy (non-hydrogen) atoms. The zero-order chi connectivity index (χ0) is 18.8. The lowest BCUT2D eigenvalue weighted by Crippen LogP contribution is -2.37. The normalized spacial score (nSPS) is 18.5. The molecular weight excluding hydrogens is 350 g/mol. The number of carbonyl (C=O) groups is 4. The fourth-order valence-corrected chi connectivity index (χ4v) is 3.23. The molecule has 2 atom stereocenters. The Morgan fingerprint density at radius 1 is 1.44 bits per heavy atom. The molecule has 0 aromatic carbocycles. The van der Waals surface area contributed by atoms with Gasteiger partial charge < -0.3 is 20.9 Å². The van der Waals surface area contributed by atoms with Crippen LogP contribution < -0.4 is 11.1 Å². The number of carbonyl (C=O) groups excluding carboxylic acids is 3. The minimum atomic E-state index is -1.15. The first kappa shape index (κ1) is 21.4. The average molecular weight is 375 g/mol. The van der Waals surface area contributed by atoms with Crippen LogP contribution >= 0.6 is 11.8 Å². The number of ether oxygens (including phenoxy) is 1. The second-order valence-electron chi connectivity index (χ2n) is 5.57. The maximum atomic E-state index is 12.2. The molecule has 1 aliphatic rings. The summed E-state index contributed by atoms with van der Waals surface area (Å²) < 4.78 is 5.23. The van der Waals surface area contributed by atoms with Crippen molar-refractivity contribution < 1.29 is 29.0 Å². The molecule has 0 saturated carbocycles. The van der Waals surface area contributed by atoms with Gasteiger partial charge in [-0.2, -0.15) is 0 Å². The van der Waals surface area contributed by atoms with Crippen LogP contribution in [0.25, 0.3) is 0 Å². The van der Waals surface area contributed by atoms with Gasteiger partial charge in [-0.25, -0.2) is 0 Å². The monoisotopic (exact) mass is 375 g/mol. The fraction of sp³-hybridized carbons (Fsp3) is 0.733. The maximum absolute atomic E-state index is 12.2. The molecule has 1 saturated heterocycles. The number of imide groups is 1. The number of nitrogens with two attached hydrogens (primary N) is 1. The van der Waals surface area contributed by atoms with Crippen molar-refractivity contribution in [2.45, 2.75) is 37.5 Å². The van der Waals surface area contributed by atoms with Crippen molar-refractivity contribution in [3.05, 3.63) is 0 Å². The Hall–Kier alpha value is -1.65. The van der Waals surface area contributed by atoms with Crippen molar-refractivity contribution in [2.24, 2.45) is 5.73 Å². The molecule has 4 N–H and O–H groups in total. The van der Waals surface area contributed by atoms with Crippen LogP contribution in [0.4, 0.5) is 0 Å². The van der Waals surface area contributed by atoms with Gasteiger partial charge >= 0.3 is 5.97 Å². The molecule has 10 heteroatoms. The average Bonchev–Trinajstić information content (AvgIpc) is 2.84. The van der Waals surface area contributed by atoms with Gasteiger partial charge in [-0.15, -0.1) is 11.8 Å². The van der Waals surface area contributed by atoms with E-state index in [1.54, 1.807) is 0 Å². The molecule has 0 aliphatic carbocycles. The largest absolute Gasteiger partial charge is 0.480 e. The van der Waals surface area contributed by atoms with Crippen molar-refractivity contribution in [3.63, 3.8) is 0 Å². The quantitative estimate of drug-likeness (QED) is 0.297. The zero-order valence-corrected chi connectivity index (χ0v) is 15.0. The van der Waals surface area contributed by atoms with E-state index in [0.717, 1.165) is 23.1 Å². The number of nitrogens with zero attached hydrogens (tertiary/aromatic N) is 1. The van der Waals surface area contributed by atoms with Crippen molar-refractivity contribution in [2.75, 3.05) is 32.1 Å². The molecule has 142 valence electrons. The molecule has 1 heterocycles. The molecule has 1 fully saturated rings. The van der Waals surface area contributed by atoms with Crippen molar-refractivity contribution in [3.8, 4) is 0 Å². The highest BCUT2D eigenvalue weighted by molar-refractivity contribution is 8.00. The summed E-state index contributed by atoms with van der Waals surface area (Å²) in [5.74, 6) is -2.12. The standard InChI is InChI=1S/C15H25N3O6S/c1-2-6-24-7-4-17-12(19)3-5-18-13(20)8-11(14(18)21)25-9-10(16)15(22)23/h10-11H,2-9,16H2,1H3,(H,17,19)(H,22,23). The lowest BCUT2D eigenvalue weighted by Gasteiger charge is -2.15. The summed E-state index contributed by atoms with van der Waals surface area (Å²) >= 11 is 1.06. The number of hydrogen-bond acceptors (Lipinski definition) is 7. The van der Waals surface area contributed by atoms with E-state index in [-0.39, 0.29) is 37.0 Å². The highest BCUT2D eigenvalue weighted by atomic mass is 32.2. The van der Waals surface area contributed by atoms with E-state index >= 15 is 0 Å². The first-order valence-electron chi connectivity index (χ1n) is 8.15. The predicted molar refractivity (Wildman–Crippen MR) is 91.9 cm³/mol. The van der Waals surface area contributed by atoms with Gasteiger partial charge in [0.05, 0.1) is 11.9 Å². The summed E-state index contributed by atoms with van der Waals surface area (Å²) in [6, 6.07) is -1.08. The molecule has 1 rings (SSSR count). The summed E-state index contributed by atoms with van der Waals surface area (Å²) in [6.07, 6.45) is 0.934. The number of aliphatic carboxylic acids is 1. The summed E-state index contributed by atoms with van der Waals surface area (Å²) in [6.45, 7) is 3.44. The number of nitrogens with one attached hydrogen (secondary N) is 1. The van der Waals surface area contributed by atoms with E-state index in [4.69, 9.17) is 15.6 Å². The number of rotatable bonds is 12. The third-order valence-electron chi connectivity index (χ3n) is 3.48. The molecule has 2 unspecified atom stereocenters. The molecule has 0 aromatic heterocycles. The number of carboxylic acids is 1. The summed E-state index contributed by atoms with van der Waals surface area (Å²) in [4.78, 5) is 47.5. The molecule has 1 aliphatic heterocycles. The Kier molecular flexibility index (Phi) is 9.46. The summed E-state index contributed by atoms with van der Waals surface area (Å²) in [7, 11) is 0. The highest BCUT2D eigenvalue weighted by Crippen LogP contribution is 2.25. The number of thioether (sulfide) groups is 1. The molecule has 0 radical (unpaired) electrons. The number of hydrogen-bond donors (Lipinski definition) is 3. The second kappa shape index (κ2) is 11.1. The van der Waals surface area contributed by atoms with Crippen LogP contribution in [0, 0.1) is 0 Å². The van der Waals surface area contributed by atoms with E-state index in [9.17, 15) is 19.2 Å². The Bertz CT molecular complexity index is 502. The molecule has 0 aromatic rings. The fourth-order valence-electron chi connectivity index (χ4n) is 2.12. The van der Waals surface area contributed by atoms with Gasteiger partial charge in [0, 0.05) is 38.3 Å². The van der Waals surface area contributed by atoms with Gasteiger partial charge in [-0.3, -0.25) is 24.1 Å². The Morgan fingerprint density at radius 2 is 2.16 bits per heavy atom. The Labute approximate surface area is 150 Å². The van der Waals surface area contributed by atoms with Crippen LogP contribution in [0.2, 0.25) is 0 Å². The van der Waals surface area contributed by atoms with E-state index in [1.165, 1.54) is 0 Å². The number of likely N-dealkylation sites (tertiary alicyclic amines) is 1. The van der Waals surface area contributed by atoms with Gasteiger partial charge in [-0.05, 0) is 6.42 Å². The highest BCUT2D eigenvalue weighted by Gasteiger charge is 2.39. The van der Waals surface area contributed by atoms with E-state index in [1.807, 2.05) is 6.92 Å². The van der Waals surface area contributed by atoms with Crippen LogP contribution in [-0.4, -0.2) is 77.0 Å². The smallest absolute Gasteiger partial charge is 0.321 e. The summed E-state index contributed by atoms with van der Waals surface area (Å²) in [5, 5.41) is 10.8. The minimum Gasteiger partial charge on any atom is -0.480 e. The molecular formula is C15H25N3O6S. The lowest BCUT2D eigenvalue weighted by atomic mass is 10.3. The van der Waals surface area contributed by atoms with Gasteiger partial charge in [0.1, 0.15) is 6.04 Å². The van der Waals surface area contributed by atoms with Crippen molar-refractivity contribution >= 4 is 35.5 Å². The van der Waals surface area contributed by atoms with Gasteiger partial charge in [0.15, 0.2) is 0 Å². The van der Waals surface area contributed by atoms with Crippen molar-refractivity contribution in [1.29, 1.82) is 0 Å². The topological polar surface area (TPSA) is 139 Å². The third-order valence-corrected chi connectivity index (χ3v) is 4.80. The van der Waals surface area contributed by atoms with E-state index in [0.29, 0.717) is 19.8 Å². The van der Waals surface area contributed by atoms with Crippen LogP contribution in [0.1, 0.15) is 26.2 Å². The zero-order valence-electron chi connectivity index (χ0n) is 14.2. The van der Waals surface area contributed by atoms with E-state index in [2.05, 4.69) is 5.32 Å². The molecule has 0 bridgehead atoms. The summed E-state index contributed by atoms with van der Waals surface area (Å²) in [5.41, 5.74) is 5.39. The van der Waals surface area contributed by atoms with Gasteiger partial charge in [-0.1, -0.05) is 6.92 Å². The number of amides is 3. The van der Waals surface area contributed by atoms with Gasteiger partial charge in [0.2, 0.25) is 17.7 Å². The van der Waals surface area contributed by atoms with Gasteiger partial charge in [0.25, 0.3) is 0 Å². The van der Waals surface area contributed by atoms with Crippen molar-refractivity contribution in [1.82, 2.24) is 10.2 Å².